The molecule has 90 valence electrons. The number of hydrogen-bond donors (Lipinski definition) is 1. The maximum atomic E-state index is 13.4. The molecule has 0 bridgehead atoms. The van der Waals surface area contributed by atoms with E-state index in [1.807, 2.05) is 0 Å². The highest BCUT2D eigenvalue weighted by molar-refractivity contribution is 6.30. The van der Waals surface area contributed by atoms with Gasteiger partial charge in [0.15, 0.2) is 0 Å². The molecular weight excluding hydrogens is 225 g/mol. The number of benzene rings is 1. The van der Waals surface area contributed by atoms with E-state index >= 15 is 0 Å². The van der Waals surface area contributed by atoms with Crippen molar-refractivity contribution < 1.29 is 4.39 Å². The van der Waals surface area contributed by atoms with Crippen LogP contribution in [0.4, 0.5) is 4.39 Å². The number of nitrogens with one attached hydrogen (secondary N) is 1. The van der Waals surface area contributed by atoms with Crippen LogP contribution in [-0.2, 0) is 6.42 Å². The molecular formula is C13H19ClFN. The highest BCUT2D eigenvalue weighted by Crippen LogP contribution is 2.17. The van der Waals surface area contributed by atoms with E-state index in [2.05, 4.69) is 19.2 Å². The summed E-state index contributed by atoms with van der Waals surface area (Å²) in [5, 5.41) is 3.90. The van der Waals surface area contributed by atoms with Crippen LogP contribution in [0.15, 0.2) is 18.2 Å². The minimum atomic E-state index is -0.153. The summed E-state index contributed by atoms with van der Waals surface area (Å²) >= 11 is 5.84. The fraction of sp³-hybridized carbons (Fsp3) is 0.538. The van der Waals surface area contributed by atoms with E-state index in [1.165, 1.54) is 6.07 Å². The first-order chi connectivity index (χ1) is 7.63. The first-order valence-corrected chi connectivity index (χ1v) is 6.16. The standard InChI is InChI=1S/C13H19ClFN/c1-3-16-9-10(2)4-5-11-8-12(14)6-7-13(11)15/h6-8,10,16H,3-5,9H2,1-2H3. The lowest BCUT2D eigenvalue weighted by Gasteiger charge is -2.12. The summed E-state index contributed by atoms with van der Waals surface area (Å²) in [4.78, 5) is 0. The third kappa shape index (κ3) is 4.50. The lowest BCUT2D eigenvalue weighted by Crippen LogP contribution is -2.20. The molecule has 1 atom stereocenters. The first-order valence-electron chi connectivity index (χ1n) is 5.78. The molecule has 0 saturated carbocycles. The molecule has 0 heterocycles. The second kappa shape index (κ2) is 6.87. The van der Waals surface area contributed by atoms with Crippen molar-refractivity contribution in [3.05, 3.63) is 34.6 Å². The molecule has 0 aliphatic rings. The van der Waals surface area contributed by atoms with Crippen molar-refractivity contribution in [2.45, 2.75) is 26.7 Å². The molecule has 1 rings (SSSR count). The van der Waals surface area contributed by atoms with Crippen molar-refractivity contribution in [2.24, 2.45) is 5.92 Å². The molecule has 1 aromatic rings. The van der Waals surface area contributed by atoms with Crippen molar-refractivity contribution in [3.8, 4) is 0 Å². The predicted octanol–water partition coefficient (Wildman–Crippen LogP) is 3.66. The molecule has 0 fully saturated rings. The Morgan fingerprint density at radius 1 is 1.44 bits per heavy atom. The average molecular weight is 244 g/mol. The van der Waals surface area contributed by atoms with Gasteiger partial charge in [0.05, 0.1) is 0 Å². The van der Waals surface area contributed by atoms with Gasteiger partial charge in [0.25, 0.3) is 0 Å². The van der Waals surface area contributed by atoms with Gasteiger partial charge >= 0.3 is 0 Å². The highest BCUT2D eigenvalue weighted by Gasteiger charge is 2.06. The van der Waals surface area contributed by atoms with Gasteiger partial charge in [-0.05, 0) is 55.6 Å². The number of aryl methyl sites for hydroxylation is 1. The molecule has 3 heteroatoms. The Bertz CT molecular complexity index is 328. The molecule has 0 spiro atoms. The second-order valence-corrected chi connectivity index (χ2v) is 4.62. The van der Waals surface area contributed by atoms with E-state index in [-0.39, 0.29) is 5.82 Å². The Morgan fingerprint density at radius 3 is 2.88 bits per heavy atom. The van der Waals surface area contributed by atoms with E-state index in [4.69, 9.17) is 11.6 Å². The number of rotatable bonds is 6. The van der Waals surface area contributed by atoms with Gasteiger partial charge in [0, 0.05) is 5.02 Å². The van der Waals surface area contributed by atoms with E-state index in [0.29, 0.717) is 10.9 Å². The van der Waals surface area contributed by atoms with Gasteiger partial charge in [-0.25, -0.2) is 4.39 Å². The van der Waals surface area contributed by atoms with Crippen molar-refractivity contribution in [1.29, 1.82) is 0 Å². The Balaban J connectivity index is 2.44. The zero-order chi connectivity index (χ0) is 12.0. The summed E-state index contributed by atoms with van der Waals surface area (Å²) in [7, 11) is 0. The van der Waals surface area contributed by atoms with Gasteiger partial charge in [0.2, 0.25) is 0 Å². The molecule has 0 aliphatic heterocycles. The third-order valence-corrected chi connectivity index (χ3v) is 2.89. The minimum Gasteiger partial charge on any atom is -0.317 e. The Hall–Kier alpha value is -0.600. The predicted molar refractivity (Wildman–Crippen MR) is 67.4 cm³/mol. The van der Waals surface area contributed by atoms with Crippen LogP contribution in [0, 0.1) is 11.7 Å². The van der Waals surface area contributed by atoms with E-state index in [1.54, 1.807) is 12.1 Å². The fourth-order valence-electron chi connectivity index (χ4n) is 1.63. The van der Waals surface area contributed by atoms with E-state index < -0.39 is 0 Å². The highest BCUT2D eigenvalue weighted by atomic mass is 35.5. The van der Waals surface area contributed by atoms with Gasteiger partial charge in [-0.2, -0.15) is 0 Å². The Kier molecular flexibility index (Phi) is 5.78. The molecule has 1 nitrogen and oxygen atoms in total. The quantitative estimate of drug-likeness (QED) is 0.804. The van der Waals surface area contributed by atoms with Crippen molar-refractivity contribution in [2.75, 3.05) is 13.1 Å². The summed E-state index contributed by atoms with van der Waals surface area (Å²) in [6, 6.07) is 4.74. The molecule has 0 aromatic heterocycles. The summed E-state index contributed by atoms with van der Waals surface area (Å²) in [6.45, 7) is 6.23. The number of hydrogen-bond acceptors (Lipinski definition) is 1. The van der Waals surface area contributed by atoms with Crippen molar-refractivity contribution >= 4 is 11.6 Å². The van der Waals surface area contributed by atoms with Gasteiger partial charge in [-0.3, -0.25) is 0 Å². The smallest absolute Gasteiger partial charge is 0.126 e. The zero-order valence-corrected chi connectivity index (χ0v) is 10.6. The molecule has 1 unspecified atom stereocenters. The topological polar surface area (TPSA) is 12.0 Å². The monoisotopic (exact) mass is 243 g/mol. The van der Waals surface area contributed by atoms with Crippen LogP contribution in [0.3, 0.4) is 0 Å². The molecule has 1 aromatic carbocycles. The van der Waals surface area contributed by atoms with Gasteiger partial charge in [0.1, 0.15) is 5.82 Å². The average Bonchev–Trinajstić information content (AvgIpc) is 2.27. The fourth-order valence-corrected chi connectivity index (χ4v) is 1.82. The van der Waals surface area contributed by atoms with Crippen LogP contribution >= 0.6 is 11.6 Å². The molecule has 16 heavy (non-hydrogen) atoms. The molecule has 0 saturated heterocycles. The lowest BCUT2D eigenvalue weighted by atomic mass is 10.0. The van der Waals surface area contributed by atoms with Crippen LogP contribution in [0.1, 0.15) is 25.8 Å². The van der Waals surface area contributed by atoms with Crippen molar-refractivity contribution in [3.63, 3.8) is 0 Å². The second-order valence-electron chi connectivity index (χ2n) is 4.19. The largest absolute Gasteiger partial charge is 0.317 e. The van der Waals surface area contributed by atoms with Crippen LogP contribution < -0.4 is 5.32 Å². The minimum absolute atomic E-state index is 0.153. The first kappa shape index (κ1) is 13.5. The third-order valence-electron chi connectivity index (χ3n) is 2.66. The van der Waals surface area contributed by atoms with Crippen LogP contribution in [0.5, 0.6) is 0 Å². The summed E-state index contributed by atoms with van der Waals surface area (Å²) in [6.07, 6.45) is 1.73. The maximum Gasteiger partial charge on any atom is 0.126 e. The van der Waals surface area contributed by atoms with Crippen molar-refractivity contribution in [1.82, 2.24) is 5.32 Å². The zero-order valence-electron chi connectivity index (χ0n) is 9.89. The SMILES string of the molecule is CCNCC(C)CCc1cc(Cl)ccc1F. The van der Waals surface area contributed by atoms with Gasteiger partial charge < -0.3 is 5.32 Å². The van der Waals surface area contributed by atoms with Crippen LogP contribution in [0.2, 0.25) is 5.02 Å². The Labute approximate surface area is 102 Å². The van der Waals surface area contributed by atoms with E-state index in [0.717, 1.165) is 31.5 Å². The molecule has 0 radical (unpaired) electrons. The van der Waals surface area contributed by atoms with Gasteiger partial charge in [-0.1, -0.05) is 25.4 Å². The van der Waals surface area contributed by atoms with Gasteiger partial charge in [-0.15, -0.1) is 0 Å². The normalized spacial score (nSPS) is 12.8. The summed E-state index contributed by atoms with van der Waals surface area (Å²) in [5.74, 6) is 0.401. The molecule has 0 amide bonds. The molecule has 1 N–H and O–H groups in total. The summed E-state index contributed by atoms with van der Waals surface area (Å²) < 4.78 is 13.4. The number of halogens is 2. The lowest BCUT2D eigenvalue weighted by molar-refractivity contribution is 0.483. The van der Waals surface area contributed by atoms with Crippen LogP contribution in [0.25, 0.3) is 0 Å². The van der Waals surface area contributed by atoms with E-state index in [9.17, 15) is 4.39 Å². The summed E-state index contributed by atoms with van der Waals surface area (Å²) in [5.41, 5.74) is 0.718. The molecule has 0 aliphatic carbocycles. The van der Waals surface area contributed by atoms with Crippen LogP contribution in [-0.4, -0.2) is 13.1 Å². The maximum absolute atomic E-state index is 13.4. The Morgan fingerprint density at radius 2 is 2.19 bits per heavy atom.